The molecule has 150 valence electrons. The molecule has 8 heteroatoms. The van der Waals surface area contributed by atoms with Crippen molar-refractivity contribution in [1.29, 1.82) is 0 Å². The number of hydrogen-bond acceptors (Lipinski definition) is 5. The molecular formula is C20H27N5O3. The van der Waals surface area contributed by atoms with Crippen LogP contribution in [0.5, 0.6) is 0 Å². The van der Waals surface area contributed by atoms with Gasteiger partial charge >= 0.3 is 0 Å². The molecule has 28 heavy (non-hydrogen) atoms. The van der Waals surface area contributed by atoms with Gasteiger partial charge in [-0.1, -0.05) is 0 Å². The summed E-state index contributed by atoms with van der Waals surface area (Å²) in [4.78, 5) is 51.4. The molecule has 0 saturated carbocycles. The molecular weight excluding hydrogens is 358 g/mol. The van der Waals surface area contributed by atoms with Gasteiger partial charge in [0.15, 0.2) is 5.82 Å². The Morgan fingerprint density at radius 1 is 1.29 bits per heavy atom. The molecule has 0 aromatic carbocycles. The monoisotopic (exact) mass is 385 g/mol. The molecule has 3 amide bonds. The van der Waals surface area contributed by atoms with Gasteiger partial charge < -0.3 is 14.7 Å². The fourth-order valence-corrected chi connectivity index (χ4v) is 4.59. The van der Waals surface area contributed by atoms with Crippen LogP contribution in [0.4, 0.5) is 0 Å². The van der Waals surface area contributed by atoms with E-state index >= 15 is 0 Å². The molecule has 1 aromatic rings. The first-order valence-corrected chi connectivity index (χ1v) is 10.2. The first-order valence-electron chi connectivity index (χ1n) is 10.2. The number of carbonyl (C=O) groups is 3. The van der Waals surface area contributed by atoms with Gasteiger partial charge in [-0.2, -0.15) is 0 Å². The highest BCUT2D eigenvalue weighted by Gasteiger charge is 2.37. The molecule has 3 aliphatic heterocycles. The molecule has 1 aromatic heterocycles. The van der Waals surface area contributed by atoms with Crippen molar-refractivity contribution in [2.45, 2.75) is 52.1 Å². The Labute approximate surface area is 164 Å². The number of aromatic nitrogens is 2. The summed E-state index contributed by atoms with van der Waals surface area (Å²) in [6.07, 6.45) is 4.68. The van der Waals surface area contributed by atoms with Crippen molar-refractivity contribution in [3.63, 3.8) is 0 Å². The summed E-state index contributed by atoms with van der Waals surface area (Å²) < 4.78 is 0. The van der Waals surface area contributed by atoms with Crippen LogP contribution in [0.1, 0.15) is 56.2 Å². The molecule has 0 spiro atoms. The molecule has 0 bridgehead atoms. The molecule has 0 unspecified atom stereocenters. The smallest absolute Gasteiger partial charge is 0.228 e. The second-order valence-corrected chi connectivity index (χ2v) is 7.91. The summed E-state index contributed by atoms with van der Waals surface area (Å²) in [5.41, 5.74) is 1.94. The van der Waals surface area contributed by atoms with Crippen LogP contribution in [0.15, 0.2) is 6.20 Å². The first-order chi connectivity index (χ1) is 13.5. The third kappa shape index (κ3) is 3.36. The van der Waals surface area contributed by atoms with Crippen LogP contribution in [-0.4, -0.2) is 68.6 Å². The van der Waals surface area contributed by atoms with Gasteiger partial charge in [0, 0.05) is 64.2 Å². The van der Waals surface area contributed by atoms with Gasteiger partial charge in [-0.05, 0) is 19.8 Å². The van der Waals surface area contributed by atoms with Crippen molar-refractivity contribution < 1.29 is 14.4 Å². The van der Waals surface area contributed by atoms with Crippen LogP contribution < -0.4 is 0 Å². The number of carbonyl (C=O) groups excluding carboxylic acids is 3. The summed E-state index contributed by atoms with van der Waals surface area (Å²) in [5.74, 6) is 0.659. The predicted octanol–water partition coefficient (Wildman–Crippen LogP) is 0.913. The number of rotatable bonds is 3. The van der Waals surface area contributed by atoms with Crippen molar-refractivity contribution in [3.05, 3.63) is 23.3 Å². The standard InChI is InChI=1S/C20H27N5O3/c1-3-23-11-14(9-18(23)27)20(28)24-8-6-16-15(12-24)10-21-19(22-16)17-5-4-7-25(17)13(2)26/h10,14,17H,3-9,11-12H2,1-2H3/t14-,17-/m0/s1. The summed E-state index contributed by atoms with van der Waals surface area (Å²) in [6, 6.07) is -0.0352. The van der Waals surface area contributed by atoms with Crippen molar-refractivity contribution >= 4 is 17.7 Å². The summed E-state index contributed by atoms with van der Waals surface area (Å²) >= 11 is 0. The SMILES string of the molecule is CCN1C[C@@H](C(=O)N2CCc3nc([C@@H]4CCCN4C(C)=O)ncc3C2)CC1=O. The number of fused-ring (bicyclic) bond motifs is 1. The molecule has 2 saturated heterocycles. The average Bonchev–Trinajstić information content (AvgIpc) is 3.33. The Morgan fingerprint density at radius 2 is 2.11 bits per heavy atom. The second kappa shape index (κ2) is 7.48. The highest BCUT2D eigenvalue weighted by atomic mass is 16.2. The molecule has 0 aliphatic carbocycles. The van der Waals surface area contributed by atoms with Gasteiger partial charge in [0.1, 0.15) is 0 Å². The Hall–Kier alpha value is -2.51. The number of hydrogen-bond donors (Lipinski definition) is 0. The minimum Gasteiger partial charge on any atom is -0.342 e. The summed E-state index contributed by atoms with van der Waals surface area (Å²) in [7, 11) is 0. The van der Waals surface area contributed by atoms with Crippen LogP contribution in [0, 0.1) is 5.92 Å². The summed E-state index contributed by atoms with van der Waals surface area (Å²) in [5, 5.41) is 0. The van der Waals surface area contributed by atoms with E-state index in [-0.39, 0.29) is 29.7 Å². The topological polar surface area (TPSA) is 86.7 Å². The number of likely N-dealkylation sites (tertiary alicyclic amines) is 2. The molecule has 4 heterocycles. The van der Waals surface area contributed by atoms with Crippen molar-refractivity contribution in [2.24, 2.45) is 5.92 Å². The molecule has 0 N–H and O–H groups in total. The van der Waals surface area contributed by atoms with E-state index in [9.17, 15) is 14.4 Å². The van der Waals surface area contributed by atoms with E-state index in [0.717, 1.165) is 30.6 Å². The van der Waals surface area contributed by atoms with Crippen molar-refractivity contribution in [2.75, 3.05) is 26.2 Å². The van der Waals surface area contributed by atoms with Gasteiger partial charge in [-0.15, -0.1) is 0 Å². The quantitative estimate of drug-likeness (QED) is 0.772. The minimum atomic E-state index is -0.239. The predicted molar refractivity (Wildman–Crippen MR) is 101 cm³/mol. The summed E-state index contributed by atoms with van der Waals surface area (Å²) in [6.45, 7) is 6.57. The van der Waals surface area contributed by atoms with E-state index in [1.165, 1.54) is 0 Å². The lowest BCUT2D eigenvalue weighted by molar-refractivity contribution is -0.136. The van der Waals surface area contributed by atoms with E-state index in [0.29, 0.717) is 44.8 Å². The fraction of sp³-hybridized carbons (Fsp3) is 0.650. The average molecular weight is 385 g/mol. The van der Waals surface area contributed by atoms with E-state index in [4.69, 9.17) is 4.98 Å². The van der Waals surface area contributed by atoms with E-state index in [2.05, 4.69) is 4.98 Å². The van der Waals surface area contributed by atoms with Gasteiger partial charge in [-0.25, -0.2) is 9.97 Å². The van der Waals surface area contributed by atoms with Crippen LogP contribution in [0.25, 0.3) is 0 Å². The minimum absolute atomic E-state index is 0.0352. The van der Waals surface area contributed by atoms with Crippen LogP contribution >= 0.6 is 0 Å². The molecule has 3 aliphatic rings. The van der Waals surface area contributed by atoms with Crippen molar-refractivity contribution in [1.82, 2.24) is 24.7 Å². The molecule has 2 atom stereocenters. The Morgan fingerprint density at radius 3 is 2.82 bits per heavy atom. The maximum atomic E-state index is 12.9. The molecule has 2 fully saturated rings. The largest absolute Gasteiger partial charge is 0.342 e. The third-order valence-corrected chi connectivity index (χ3v) is 6.17. The Bertz CT molecular complexity index is 811. The highest BCUT2D eigenvalue weighted by Crippen LogP contribution is 2.31. The maximum Gasteiger partial charge on any atom is 0.228 e. The molecule has 0 radical (unpaired) electrons. The number of amides is 3. The van der Waals surface area contributed by atoms with Crippen LogP contribution in [-0.2, 0) is 27.3 Å². The lowest BCUT2D eigenvalue weighted by Gasteiger charge is -2.31. The van der Waals surface area contributed by atoms with Gasteiger partial charge in [-0.3, -0.25) is 14.4 Å². The van der Waals surface area contributed by atoms with Crippen LogP contribution in [0.3, 0.4) is 0 Å². The zero-order valence-electron chi connectivity index (χ0n) is 16.6. The molecule has 8 nitrogen and oxygen atoms in total. The fourth-order valence-electron chi connectivity index (χ4n) is 4.59. The lowest BCUT2D eigenvalue weighted by Crippen LogP contribution is -2.41. The van der Waals surface area contributed by atoms with Gasteiger partial charge in [0.25, 0.3) is 0 Å². The lowest BCUT2D eigenvalue weighted by atomic mass is 10.0. The van der Waals surface area contributed by atoms with E-state index in [1.54, 1.807) is 11.8 Å². The zero-order valence-corrected chi connectivity index (χ0v) is 16.6. The Kier molecular flexibility index (Phi) is 5.03. The van der Waals surface area contributed by atoms with Gasteiger partial charge in [0.05, 0.1) is 17.7 Å². The van der Waals surface area contributed by atoms with E-state index < -0.39 is 0 Å². The van der Waals surface area contributed by atoms with Gasteiger partial charge in [0.2, 0.25) is 17.7 Å². The maximum absolute atomic E-state index is 12.9. The van der Waals surface area contributed by atoms with Crippen molar-refractivity contribution in [3.8, 4) is 0 Å². The second-order valence-electron chi connectivity index (χ2n) is 7.91. The zero-order chi connectivity index (χ0) is 19.8. The van der Waals surface area contributed by atoms with Crippen LogP contribution in [0.2, 0.25) is 0 Å². The molecule has 4 rings (SSSR count). The normalized spacial score (nSPS) is 24.6. The van der Waals surface area contributed by atoms with E-state index in [1.807, 2.05) is 22.9 Å². The number of nitrogens with zero attached hydrogens (tertiary/aromatic N) is 5. The highest BCUT2D eigenvalue weighted by molar-refractivity contribution is 5.89. The first kappa shape index (κ1) is 18.8. The Balaban J connectivity index is 1.46. The third-order valence-electron chi connectivity index (χ3n) is 6.17.